The van der Waals surface area contributed by atoms with E-state index in [1.807, 2.05) is 43.3 Å². The summed E-state index contributed by atoms with van der Waals surface area (Å²) >= 11 is 2.18. The summed E-state index contributed by atoms with van der Waals surface area (Å²) in [5, 5.41) is 3.40. The van der Waals surface area contributed by atoms with Crippen molar-refractivity contribution in [3.05, 3.63) is 91.5 Å². The van der Waals surface area contributed by atoms with Gasteiger partial charge < -0.3 is 10.1 Å². The van der Waals surface area contributed by atoms with Crippen molar-refractivity contribution in [1.29, 1.82) is 0 Å². The van der Waals surface area contributed by atoms with E-state index in [0.717, 1.165) is 20.4 Å². The number of ether oxygens (including phenoxy) is 1. The van der Waals surface area contributed by atoms with Gasteiger partial charge in [0.05, 0.1) is 29.3 Å². The molecule has 4 aromatic rings. The molecule has 0 unspecified atom stereocenters. The molecule has 7 heteroatoms. The van der Waals surface area contributed by atoms with Crippen molar-refractivity contribution in [2.75, 3.05) is 12.4 Å². The zero-order valence-corrected chi connectivity index (χ0v) is 19.5. The first-order chi connectivity index (χ1) is 15.4. The third-order valence-electron chi connectivity index (χ3n) is 5.42. The molecule has 1 amide bonds. The largest absolute Gasteiger partial charge is 0.497 e. The normalized spacial score (nSPS) is 14.0. The summed E-state index contributed by atoms with van der Waals surface area (Å²) in [6.07, 6.45) is 1.68. The van der Waals surface area contributed by atoms with Crippen LogP contribution >= 0.6 is 22.6 Å². The number of nitrogens with one attached hydrogen (secondary N) is 1. The highest BCUT2D eigenvalue weighted by molar-refractivity contribution is 14.1. The van der Waals surface area contributed by atoms with E-state index in [1.165, 1.54) is 4.57 Å². The Morgan fingerprint density at radius 2 is 1.81 bits per heavy atom. The quantitative estimate of drug-likeness (QED) is 0.302. The number of hydrogen-bond acceptors (Lipinski definition) is 4. The molecule has 0 spiro atoms. The van der Waals surface area contributed by atoms with Gasteiger partial charge >= 0.3 is 0 Å². The van der Waals surface area contributed by atoms with Crippen molar-refractivity contribution >= 4 is 56.7 Å². The number of nitrogens with zero attached hydrogens (tertiary/aromatic N) is 2. The molecule has 3 aromatic carbocycles. The Bertz CT molecular complexity index is 1490. The fourth-order valence-electron chi connectivity index (χ4n) is 3.83. The van der Waals surface area contributed by atoms with Crippen molar-refractivity contribution in [3.63, 3.8) is 0 Å². The van der Waals surface area contributed by atoms with Crippen molar-refractivity contribution in [2.45, 2.75) is 6.92 Å². The Morgan fingerprint density at radius 3 is 2.56 bits per heavy atom. The lowest BCUT2D eigenvalue weighted by atomic mass is 10.0. The zero-order chi connectivity index (χ0) is 22.4. The Morgan fingerprint density at radius 1 is 1.03 bits per heavy atom. The van der Waals surface area contributed by atoms with Gasteiger partial charge in [0.15, 0.2) is 0 Å². The van der Waals surface area contributed by atoms with Gasteiger partial charge in [0.2, 0.25) is 0 Å². The van der Waals surface area contributed by atoms with Crippen LogP contribution in [0.4, 0.5) is 5.69 Å². The van der Waals surface area contributed by atoms with Gasteiger partial charge in [-0.05, 0) is 90.2 Å². The van der Waals surface area contributed by atoms with Gasteiger partial charge in [-0.25, -0.2) is 4.98 Å². The van der Waals surface area contributed by atoms with E-state index in [0.29, 0.717) is 33.7 Å². The van der Waals surface area contributed by atoms with Crippen LogP contribution in [0.3, 0.4) is 0 Å². The van der Waals surface area contributed by atoms with Gasteiger partial charge in [-0.2, -0.15) is 0 Å². The molecule has 1 aliphatic rings. The van der Waals surface area contributed by atoms with Crippen LogP contribution in [-0.4, -0.2) is 22.6 Å². The predicted octanol–water partition coefficient (Wildman–Crippen LogP) is 4.80. The highest BCUT2D eigenvalue weighted by Gasteiger charge is 2.25. The average Bonchev–Trinajstić information content (AvgIpc) is 3.09. The molecular weight excluding hydrogens is 517 g/mol. The van der Waals surface area contributed by atoms with Gasteiger partial charge in [-0.15, -0.1) is 0 Å². The summed E-state index contributed by atoms with van der Waals surface area (Å²) in [6, 6.07) is 18.5. The molecular formula is C25H18IN3O3. The Labute approximate surface area is 197 Å². The maximum atomic E-state index is 13.6. The molecule has 0 saturated heterocycles. The number of carbonyl (C=O) groups is 1. The van der Waals surface area contributed by atoms with Crippen LogP contribution < -0.4 is 15.6 Å². The van der Waals surface area contributed by atoms with E-state index in [4.69, 9.17) is 9.72 Å². The van der Waals surface area contributed by atoms with Crippen molar-refractivity contribution in [1.82, 2.24) is 9.55 Å². The standard InChI is InChI=1S/C25H18IN3O3/c1-14-3-9-21-18(11-14)19(24(30)28-21)13-23-27-22-10-4-15(26)12-20(22)25(31)29(23)16-5-7-17(32-2)8-6-16/h3-13H,1-2H3,(H,28,30)/b19-13+. The topological polar surface area (TPSA) is 73.2 Å². The minimum absolute atomic E-state index is 0.201. The lowest BCUT2D eigenvalue weighted by Gasteiger charge is -2.13. The number of rotatable bonds is 3. The maximum absolute atomic E-state index is 13.6. The number of fused-ring (bicyclic) bond motifs is 2. The summed E-state index contributed by atoms with van der Waals surface area (Å²) < 4.78 is 7.73. The van der Waals surface area contributed by atoms with Crippen LogP contribution in [0.15, 0.2) is 65.5 Å². The van der Waals surface area contributed by atoms with Crippen molar-refractivity contribution in [3.8, 4) is 11.4 Å². The lowest BCUT2D eigenvalue weighted by Crippen LogP contribution is -2.22. The number of halogens is 1. The average molecular weight is 535 g/mol. The van der Waals surface area contributed by atoms with E-state index < -0.39 is 0 Å². The molecule has 158 valence electrons. The van der Waals surface area contributed by atoms with Crippen LogP contribution in [-0.2, 0) is 4.79 Å². The summed E-state index contributed by atoms with van der Waals surface area (Å²) in [4.78, 5) is 31.1. The number of amides is 1. The molecule has 2 heterocycles. The van der Waals surface area contributed by atoms with E-state index in [-0.39, 0.29) is 11.5 Å². The van der Waals surface area contributed by atoms with Crippen molar-refractivity contribution in [2.24, 2.45) is 0 Å². The maximum Gasteiger partial charge on any atom is 0.266 e. The molecule has 0 bridgehead atoms. The smallest absolute Gasteiger partial charge is 0.266 e. The van der Waals surface area contributed by atoms with Crippen LogP contribution in [0.25, 0.3) is 28.2 Å². The third kappa shape index (κ3) is 3.48. The molecule has 1 N–H and O–H groups in total. The Balaban J connectivity index is 1.80. The number of hydrogen-bond donors (Lipinski definition) is 1. The van der Waals surface area contributed by atoms with E-state index in [1.54, 1.807) is 37.5 Å². The minimum Gasteiger partial charge on any atom is -0.497 e. The molecule has 0 fully saturated rings. The molecule has 0 radical (unpaired) electrons. The summed E-state index contributed by atoms with van der Waals surface area (Å²) in [5.74, 6) is 0.849. The minimum atomic E-state index is -0.219. The Hall–Kier alpha value is -3.46. The van der Waals surface area contributed by atoms with Crippen LogP contribution in [0, 0.1) is 10.5 Å². The van der Waals surface area contributed by atoms with Crippen LogP contribution in [0.5, 0.6) is 5.75 Å². The van der Waals surface area contributed by atoms with Gasteiger partial charge in [0.25, 0.3) is 11.5 Å². The third-order valence-corrected chi connectivity index (χ3v) is 6.09. The van der Waals surface area contributed by atoms with Gasteiger partial charge in [0.1, 0.15) is 11.6 Å². The fourth-order valence-corrected chi connectivity index (χ4v) is 4.32. The number of anilines is 1. The highest BCUT2D eigenvalue weighted by atomic mass is 127. The number of carbonyl (C=O) groups excluding carboxylic acids is 1. The summed E-state index contributed by atoms with van der Waals surface area (Å²) in [7, 11) is 1.59. The molecule has 5 rings (SSSR count). The number of aromatic nitrogens is 2. The van der Waals surface area contributed by atoms with Gasteiger partial charge in [-0.3, -0.25) is 14.2 Å². The Kier molecular flexibility index (Phi) is 5.05. The SMILES string of the molecule is COc1ccc(-n2c(/C=C3/C(=O)Nc4ccc(C)cc43)nc3ccc(I)cc3c2=O)cc1. The van der Waals surface area contributed by atoms with Crippen LogP contribution in [0.1, 0.15) is 17.0 Å². The van der Waals surface area contributed by atoms with E-state index in [2.05, 4.69) is 27.9 Å². The second-order valence-electron chi connectivity index (χ2n) is 7.53. The van der Waals surface area contributed by atoms with E-state index in [9.17, 15) is 9.59 Å². The second kappa shape index (κ2) is 7.90. The second-order valence-corrected chi connectivity index (χ2v) is 8.78. The molecule has 0 atom stereocenters. The number of benzene rings is 3. The highest BCUT2D eigenvalue weighted by Crippen LogP contribution is 2.34. The first-order valence-electron chi connectivity index (χ1n) is 9.95. The molecule has 1 aliphatic heterocycles. The number of aryl methyl sites for hydroxylation is 1. The van der Waals surface area contributed by atoms with Crippen molar-refractivity contribution < 1.29 is 9.53 Å². The predicted molar refractivity (Wildman–Crippen MR) is 134 cm³/mol. The molecule has 0 saturated carbocycles. The first kappa shape index (κ1) is 20.4. The first-order valence-corrected chi connectivity index (χ1v) is 11.0. The number of methoxy groups -OCH3 is 1. The zero-order valence-electron chi connectivity index (χ0n) is 17.3. The molecule has 32 heavy (non-hydrogen) atoms. The van der Waals surface area contributed by atoms with Crippen LogP contribution in [0.2, 0.25) is 0 Å². The monoisotopic (exact) mass is 535 g/mol. The summed E-state index contributed by atoms with van der Waals surface area (Å²) in [5.41, 5.74) is 4.08. The van der Waals surface area contributed by atoms with Gasteiger partial charge in [-0.1, -0.05) is 11.6 Å². The molecule has 6 nitrogen and oxygen atoms in total. The lowest BCUT2D eigenvalue weighted by molar-refractivity contribution is -0.110. The fraction of sp³-hybridized carbons (Fsp3) is 0.0800. The van der Waals surface area contributed by atoms with E-state index >= 15 is 0 Å². The molecule has 0 aliphatic carbocycles. The molecule has 1 aromatic heterocycles. The summed E-state index contributed by atoms with van der Waals surface area (Å²) in [6.45, 7) is 1.98. The van der Waals surface area contributed by atoms with Gasteiger partial charge in [0, 0.05) is 14.8 Å².